The van der Waals surface area contributed by atoms with Crippen LogP contribution in [0.25, 0.3) is 0 Å². The van der Waals surface area contributed by atoms with E-state index in [-0.39, 0.29) is 0 Å². The highest BCUT2D eigenvalue weighted by Crippen LogP contribution is 2.29. The standard InChI is InChI=1S/C16H25NO3/c1-3-8-17-10-14-9-15(18-2)6-7-16(14)20-12-19-11-13-4-5-13/h6-7,9,13,17H,3-5,8,10-12H2,1-2H3. The molecule has 0 aliphatic heterocycles. The summed E-state index contributed by atoms with van der Waals surface area (Å²) < 4.78 is 16.5. The van der Waals surface area contributed by atoms with Crippen LogP contribution in [0.2, 0.25) is 0 Å². The molecule has 1 aliphatic carbocycles. The highest BCUT2D eigenvalue weighted by Gasteiger charge is 2.21. The van der Waals surface area contributed by atoms with Gasteiger partial charge in [-0.3, -0.25) is 0 Å². The Morgan fingerprint density at radius 2 is 2.15 bits per heavy atom. The minimum absolute atomic E-state index is 0.323. The maximum absolute atomic E-state index is 5.73. The molecule has 1 aromatic rings. The summed E-state index contributed by atoms with van der Waals surface area (Å²) in [4.78, 5) is 0. The average molecular weight is 279 g/mol. The van der Waals surface area contributed by atoms with Crippen molar-refractivity contribution in [2.75, 3.05) is 27.1 Å². The number of nitrogens with one attached hydrogen (secondary N) is 1. The van der Waals surface area contributed by atoms with Gasteiger partial charge in [-0.2, -0.15) is 0 Å². The Morgan fingerprint density at radius 1 is 1.30 bits per heavy atom. The Kier molecular flexibility index (Phi) is 6.15. The third-order valence-corrected chi connectivity index (χ3v) is 3.36. The van der Waals surface area contributed by atoms with Gasteiger partial charge in [-0.25, -0.2) is 0 Å². The zero-order chi connectivity index (χ0) is 14.2. The van der Waals surface area contributed by atoms with E-state index in [9.17, 15) is 0 Å². The molecule has 4 heteroatoms. The lowest BCUT2D eigenvalue weighted by Crippen LogP contribution is -2.15. The molecule has 0 unspecified atom stereocenters. The van der Waals surface area contributed by atoms with Gasteiger partial charge in [-0.1, -0.05) is 6.92 Å². The summed E-state index contributed by atoms with van der Waals surface area (Å²) in [6.07, 6.45) is 3.72. The van der Waals surface area contributed by atoms with Crippen molar-refractivity contribution >= 4 is 0 Å². The Bertz CT molecular complexity index is 405. The molecule has 0 saturated heterocycles. The van der Waals surface area contributed by atoms with Gasteiger partial charge >= 0.3 is 0 Å². The lowest BCUT2D eigenvalue weighted by Gasteiger charge is -2.13. The molecular weight excluding hydrogens is 254 g/mol. The van der Waals surface area contributed by atoms with Crippen molar-refractivity contribution < 1.29 is 14.2 Å². The van der Waals surface area contributed by atoms with E-state index in [0.29, 0.717) is 6.79 Å². The molecular formula is C16H25NO3. The normalized spacial score (nSPS) is 14.3. The van der Waals surface area contributed by atoms with Gasteiger partial charge in [0.25, 0.3) is 0 Å². The number of methoxy groups -OCH3 is 1. The molecule has 0 bridgehead atoms. The van der Waals surface area contributed by atoms with Crippen LogP contribution in [0.5, 0.6) is 11.5 Å². The number of hydrogen-bond acceptors (Lipinski definition) is 4. The molecule has 112 valence electrons. The first-order chi connectivity index (χ1) is 9.83. The molecule has 4 nitrogen and oxygen atoms in total. The molecule has 1 fully saturated rings. The van der Waals surface area contributed by atoms with Crippen LogP contribution < -0.4 is 14.8 Å². The third-order valence-electron chi connectivity index (χ3n) is 3.36. The second-order valence-corrected chi connectivity index (χ2v) is 5.23. The zero-order valence-corrected chi connectivity index (χ0v) is 12.5. The molecule has 1 aromatic carbocycles. The van der Waals surface area contributed by atoms with E-state index in [1.54, 1.807) is 7.11 Å². The van der Waals surface area contributed by atoms with Crippen LogP contribution in [0.1, 0.15) is 31.7 Å². The largest absolute Gasteiger partial charge is 0.497 e. The number of ether oxygens (including phenoxy) is 3. The lowest BCUT2D eigenvalue weighted by atomic mass is 10.2. The molecule has 0 heterocycles. The van der Waals surface area contributed by atoms with Crippen molar-refractivity contribution in [2.45, 2.75) is 32.7 Å². The van der Waals surface area contributed by atoms with Crippen LogP contribution in [0.15, 0.2) is 18.2 Å². The van der Waals surface area contributed by atoms with Crippen LogP contribution in [-0.4, -0.2) is 27.1 Å². The van der Waals surface area contributed by atoms with Crippen molar-refractivity contribution in [1.82, 2.24) is 5.32 Å². The van der Waals surface area contributed by atoms with Crippen molar-refractivity contribution in [1.29, 1.82) is 0 Å². The summed E-state index contributed by atoms with van der Waals surface area (Å²) in [5, 5.41) is 3.39. The quantitative estimate of drug-likeness (QED) is 0.528. The van der Waals surface area contributed by atoms with Gasteiger partial charge in [-0.15, -0.1) is 0 Å². The van der Waals surface area contributed by atoms with E-state index in [0.717, 1.165) is 49.1 Å². The smallest absolute Gasteiger partial charge is 0.189 e. The maximum atomic E-state index is 5.73. The van der Waals surface area contributed by atoms with Gasteiger partial charge in [0.2, 0.25) is 0 Å². The zero-order valence-electron chi connectivity index (χ0n) is 12.5. The van der Waals surface area contributed by atoms with Crippen LogP contribution in [0.3, 0.4) is 0 Å². The van der Waals surface area contributed by atoms with Gasteiger partial charge in [-0.05, 0) is 49.9 Å². The fourth-order valence-corrected chi connectivity index (χ4v) is 1.97. The molecule has 0 spiro atoms. The van der Waals surface area contributed by atoms with E-state index in [1.807, 2.05) is 18.2 Å². The topological polar surface area (TPSA) is 39.7 Å². The maximum Gasteiger partial charge on any atom is 0.189 e. The molecule has 0 radical (unpaired) electrons. The minimum atomic E-state index is 0.323. The summed E-state index contributed by atoms with van der Waals surface area (Å²) in [7, 11) is 1.68. The van der Waals surface area contributed by atoms with Gasteiger partial charge in [0.05, 0.1) is 13.7 Å². The predicted octanol–water partition coefficient (Wildman–Crippen LogP) is 2.96. The van der Waals surface area contributed by atoms with Gasteiger partial charge < -0.3 is 19.5 Å². The summed E-state index contributed by atoms with van der Waals surface area (Å²) in [5.74, 6) is 2.48. The SMILES string of the molecule is CCCNCc1cc(OC)ccc1OCOCC1CC1. The highest BCUT2D eigenvalue weighted by molar-refractivity contribution is 5.40. The molecule has 0 amide bonds. The molecule has 2 rings (SSSR count). The molecule has 20 heavy (non-hydrogen) atoms. The molecule has 1 aliphatic rings. The van der Waals surface area contributed by atoms with Crippen LogP contribution in [0, 0.1) is 5.92 Å². The third kappa shape index (κ3) is 5.02. The van der Waals surface area contributed by atoms with E-state index in [2.05, 4.69) is 12.2 Å². The summed E-state index contributed by atoms with van der Waals surface area (Å²) in [6, 6.07) is 5.88. The van der Waals surface area contributed by atoms with Gasteiger partial charge in [0.1, 0.15) is 11.5 Å². The van der Waals surface area contributed by atoms with Crippen molar-refractivity contribution in [3.05, 3.63) is 23.8 Å². The van der Waals surface area contributed by atoms with Crippen LogP contribution in [-0.2, 0) is 11.3 Å². The lowest BCUT2D eigenvalue weighted by molar-refractivity contribution is 0.00939. The Labute approximate surface area is 121 Å². The van der Waals surface area contributed by atoms with E-state index in [1.165, 1.54) is 12.8 Å². The summed E-state index contributed by atoms with van der Waals surface area (Å²) >= 11 is 0. The average Bonchev–Trinajstić information content (AvgIpc) is 3.29. The minimum Gasteiger partial charge on any atom is -0.497 e. The van der Waals surface area contributed by atoms with Crippen LogP contribution >= 0.6 is 0 Å². The summed E-state index contributed by atoms with van der Waals surface area (Å²) in [6.45, 7) is 5.07. The van der Waals surface area contributed by atoms with E-state index < -0.39 is 0 Å². The Morgan fingerprint density at radius 3 is 2.85 bits per heavy atom. The Hall–Kier alpha value is -1.26. The van der Waals surface area contributed by atoms with Crippen LogP contribution in [0.4, 0.5) is 0 Å². The molecule has 1 saturated carbocycles. The molecule has 0 atom stereocenters. The summed E-state index contributed by atoms with van der Waals surface area (Å²) in [5.41, 5.74) is 1.10. The molecule has 1 N–H and O–H groups in total. The fraction of sp³-hybridized carbons (Fsp3) is 0.625. The highest BCUT2D eigenvalue weighted by atomic mass is 16.7. The van der Waals surface area contributed by atoms with Crippen molar-refractivity contribution in [2.24, 2.45) is 5.92 Å². The second kappa shape index (κ2) is 8.12. The van der Waals surface area contributed by atoms with E-state index >= 15 is 0 Å². The first-order valence-corrected chi connectivity index (χ1v) is 7.41. The number of rotatable bonds is 10. The van der Waals surface area contributed by atoms with E-state index in [4.69, 9.17) is 14.2 Å². The monoisotopic (exact) mass is 279 g/mol. The first kappa shape index (κ1) is 15.1. The number of benzene rings is 1. The number of hydrogen-bond donors (Lipinski definition) is 1. The molecule has 0 aromatic heterocycles. The second-order valence-electron chi connectivity index (χ2n) is 5.23. The van der Waals surface area contributed by atoms with Crippen molar-refractivity contribution in [3.63, 3.8) is 0 Å². The van der Waals surface area contributed by atoms with Gasteiger partial charge in [0, 0.05) is 12.1 Å². The van der Waals surface area contributed by atoms with Crippen molar-refractivity contribution in [3.8, 4) is 11.5 Å². The first-order valence-electron chi connectivity index (χ1n) is 7.41. The van der Waals surface area contributed by atoms with Gasteiger partial charge in [0.15, 0.2) is 6.79 Å². The predicted molar refractivity (Wildman–Crippen MR) is 79.2 cm³/mol. The Balaban J connectivity index is 1.86. The fourth-order valence-electron chi connectivity index (χ4n) is 1.97.